The first-order valence-electron chi connectivity index (χ1n) is 6.27. The molecule has 1 saturated carbocycles. The van der Waals surface area contributed by atoms with E-state index in [1.165, 1.54) is 18.4 Å². The molecule has 2 rings (SSSR count). The molecule has 1 N–H and O–H groups in total. The Morgan fingerprint density at radius 2 is 2.24 bits per heavy atom. The van der Waals surface area contributed by atoms with Gasteiger partial charge in [0.2, 0.25) is 0 Å². The standard InChI is InChI=1S/C14H20ClNO/c1-17-7-3-6-16-14-9-12(10-14)11-4-2-5-13(15)8-11/h2,4-5,8,12,14,16H,3,6-7,9-10H2,1H3. The SMILES string of the molecule is COCCCNC1CC(c2cccc(Cl)c2)C1. The molecule has 2 nitrogen and oxygen atoms in total. The third-order valence-corrected chi connectivity index (χ3v) is 3.65. The van der Waals surface area contributed by atoms with Crippen LogP contribution < -0.4 is 5.32 Å². The summed E-state index contributed by atoms with van der Waals surface area (Å²) in [5.74, 6) is 0.689. The maximum Gasteiger partial charge on any atom is 0.0474 e. The molecule has 0 saturated heterocycles. The van der Waals surface area contributed by atoms with Crippen molar-refractivity contribution in [2.45, 2.75) is 31.2 Å². The summed E-state index contributed by atoms with van der Waals surface area (Å²) in [4.78, 5) is 0. The molecule has 0 bridgehead atoms. The molecule has 0 spiro atoms. The van der Waals surface area contributed by atoms with Crippen molar-refractivity contribution < 1.29 is 4.74 Å². The average Bonchev–Trinajstić information content (AvgIpc) is 2.26. The maximum atomic E-state index is 6.00. The van der Waals surface area contributed by atoms with Crippen LogP contribution in [0.1, 0.15) is 30.7 Å². The van der Waals surface area contributed by atoms with Gasteiger partial charge in [-0.1, -0.05) is 23.7 Å². The van der Waals surface area contributed by atoms with Gasteiger partial charge in [-0.2, -0.15) is 0 Å². The minimum absolute atomic E-state index is 0.677. The number of ether oxygens (including phenoxy) is 1. The minimum Gasteiger partial charge on any atom is -0.385 e. The fraction of sp³-hybridized carbons (Fsp3) is 0.571. The summed E-state index contributed by atoms with van der Waals surface area (Å²) in [6.07, 6.45) is 3.55. The van der Waals surface area contributed by atoms with Crippen molar-refractivity contribution in [2.24, 2.45) is 0 Å². The van der Waals surface area contributed by atoms with Crippen LogP contribution in [0, 0.1) is 0 Å². The lowest BCUT2D eigenvalue weighted by Crippen LogP contribution is -2.40. The summed E-state index contributed by atoms with van der Waals surface area (Å²) in [6.45, 7) is 1.90. The summed E-state index contributed by atoms with van der Waals surface area (Å²) >= 11 is 6.00. The Hall–Kier alpha value is -0.570. The molecule has 0 atom stereocenters. The average molecular weight is 254 g/mol. The van der Waals surface area contributed by atoms with Crippen LogP contribution in [0.5, 0.6) is 0 Å². The number of halogens is 1. The van der Waals surface area contributed by atoms with Crippen molar-refractivity contribution in [3.63, 3.8) is 0 Å². The first-order chi connectivity index (χ1) is 8.29. The first kappa shape index (κ1) is 12.9. The highest BCUT2D eigenvalue weighted by Gasteiger charge is 2.29. The molecule has 17 heavy (non-hydrogen) atoms. The smallest absolute Gasteiger partial charge is 0.0474 e. The van der Waals surface area contributed by atoms with E-state index in [0.717, 1.165) is 24.6 Å². The maximum absolute atomic E-state index is 6.00. The number of rotatable bonds is 6. The lowest BCUT2D eigenvalue weighted by Gasteiger charge is -2.36. The van der Waals surface area contributed by atoms with Crippen molar-refractivity contribution in [2.75, 3.05) is 20.3 Å². The lowest BCUT2D eigenvalue weighted by atomic mass is 9.76. The third-order valence-electron chi connectivity index (χ3n) is 3.42. The number of hydrogen-bond donors (Lipinski definition) is 1. The number of hydrogen-bond acceptors (Lipinski definition) is 2. The van der Waals surface area contributed by atoms with Crippen LogP contribution >= 0.6 is 11.6 Å². The summed E-state index contributed by atoms with van der Waals surface area (Å²) in [5, 5.41) is 4.40. The van der Waals surface area contributed by atoms with Gasteiger partial charge in [-0.15, -0.1) is 0 Å². The molecule has 0 aliphatic heterocycles. The van der Waals surface area contributed by atoms with E-state index in [-0.39, 0.29) is 0 Å². The Kier molecular flexibility index (Phi) is 4.84. The topological polar surface area (TPSA) is 21.3 Å². The van der Waals surface area contributed by atoms with Gasteiger partial charge in [-0.05, 0) is 49.4 Å². The first-order valence-corrected chi connectivity index (χ1v) is 6.65. The zero-order valence-corrected chi connectivity index (χ0v) is 11.0. The van der Waals surface area contributed by atoms with Crippen LogP contribution in [-0.4, -0.2) is 26.3 Å². The predicted octanol–water partition coefficient (Wildman–Crippen LogP) is 3.21. The van der Waals surface area contributed by atoms with E-state index < -0.39 is 0 Å². The summed E-state index contributed by atoms with van der Waals surface area (Å²) in [7, 11) is 1.75. The monoisotopic (exact) mass is 253 g/mol. The molecular formula is C14H20ClNO. The molecule has 1 aliphatic rings. The van der Waals surface area contributed by atoms with Gasteiger partial charge in [0.25, 0.3) is 0 Å². The second-order valence-corrected chi connectivity index (χ2v) is 5.16. The van der Waals surface area contributed by atoms with Crippen molar-refractivity contribution in [3.8, 4) is 0 Å². The summed E-state index contributed by atoms with van der Waals surface area (Å²) in [6, 6.07) is 8.92. The molecule has 0 amide bonds. The van der Waals surface area contributed by atoms with Crippen molar-refractivity contribution in [3.05, 3.63) is 34.9 Å². The van der Waals surface area contributed by atoms with E-state index in [1.54, 1.807) is 7.11 Å². The number of nitrogens with one attached hydrogen (secondary N) is 1. The molecule has 1 aromatic carbocycles. The normalized spacial score (nSPS) is 23.4. The highest BCUT2D eigenvalue weighted by atomic mass is 35.5. The molecule has 1 fully saturated rings. The Morgan fingerprint density at radius 3 is 2.94 bits per heavy atom. The van der Waals surface area contributed by atoms with E-state index in [1.807, 2.05) is 12.1 Å². The molecule has 94 valence electrons. The van der Waals surface area contributed by atoms with Crippen molar-refractivity contribution >= 4 is 11.6 Å². The van der Waals surface area contributed by atoms with Gasteiger partial charge < -0.3 is 10.1 Å². The lowest BCUT2D eigenvalue weighted by molar-refractivity contribution is 0.189. The van der Waals surface area contributed by atoms with Crippen LogP contribution in [0.4, 0.5) is 0 Å². The van der Waals surface area contributed by atoms with E-state index in [0.29, 0.717) is 12.0 Å². The highest BCUT2D eigenvalue weighted by Crippen LogP contribution is 2.37. The second kappa shape index (κ2) is 6.39. The van der Waals surface area contributed by atoms with E-state index in [9.17, 15) is 0 Å². The molecule has 0 unspecified atom stereocenters. The van der Waals surface area contributed by atoms with Crippen LogP contribution in [0.25, 0.3) is 0 Å². The minimum atomic E-state index is 0.677. The Labute approximate surface area is 108 Å². The van der Waals surface area contributed by atoms with Crippen LogP contribution in [0.15, 0.2) is 24.3 Å². The van der Waals surface area contributed by atoms with E-state index in [4.69, 9.17) is 16.3 Å². The second-order valence-electron chi connectivity index (χ2n) is 4.72. The zero-order chi connectivity index (χ0) is 12.1. The van der Waals surface area contributed by atoms with Crippen LogP contribution in [-0.2, 0) is 4.74 Å². The number of methoxy groups -OCH3 is 1. The predicted molar refractivity (Wildman–Crippen MR) is 71.7 cm³/mol. The fourth-order valence-electron chi connectivity index (χ4n) is 2.34. The molecular weight excluding hydrogens is 234 g/mol. The van der Waals surface area contributed by atoms with E-state index >= 15 is 0 Å². The molecule has 1 aromatic rings. The van der Waals surface area contributed by atoms with Gasteiger partial charge in [0.15, 0.2) is 0 Å². The molecule has 0 radical (unpaired) electrons. The van der Waals surface area contributed by atoms with E-state index in [2.05, 4.69) is 17.4 Å². The van der Waals surface area contributed by atoms with Crippen molar-refractivity contribution in [1.82, 2.24) is 5.32 Å². The summed E-state index contributed by atoms with van der Waals surface area (Å²) in [5.41, 5.74) is 1.38. The van der Waals surface area contributed by atoms with Gasteiger partial charge >= 0.3 is 0 Å². The zero-order valence-electron chi connectivity index (χ0n) is 10.3. The van der Waals surface area contributed by atoms with Gasteiger partial charge in [0, 0.05) is 24.8 Å². The highest BCUT2D eigenvalue weighted by molar-refractivity contribution is 6.30. The fourth-order valence-corrected chi connectivity index (χ4v) is 2.54. The molecule has 0 aromatic heterocycles. The Morgan fingerprint density at radius 1 is 1.41 bits per heavy atom. The van der Waals surface area contributed by atoms with Crippen molar-refractivity contribution in [1.29, 1.82) is 0 Å². The largest absolute Gasteiger partial charge is 0.385 e. The van der Waals surface area contributed by atoms with Crippen LogP contribution in [0.2, 0.25) is 5.02 Å². The number of benzene rings is 1. The van der Waals surface area contributed by atoms with Crippen LogP contribution in [0.3, 0.4) is 0 Å². The Bertz CT molecular complexity index is 350. The molecule has 3 heteroatoms. The third kappa shape index (κ3) is 3.70. The van der Waals surface area contributed by atoms with Gasteiger partial charge in [0.05, 0.1) is 0 Å². The van der Waals surface area contributed by atoms with Gasteiger partial charge in [-0.3, -0.25) is 0 Å². The molecule has 0 heterocycles. The van der Waals surface area contributed by atoms with Gasteiger partial charge in [0.1, 0.15) is 0 Å². The quantitative estimate of drug-likeness (QED) is 0.786. The summed E-state index contributed by atoms with van der Waals surface area (Å²) < 4.78 is 5.02. The Balaban J connectivity index is 1.68. The van der Waals surface area contributed by atoms with Gasteiger partial charge in [-0.25, -0.2) is 0 Å². The molecule has 1 aliphatic carbocycles.